The number of benzene rings is 1. The lowest BCUT2D eigenvalue weighted by molar-refractivity contribution is -0.145. The van der Waals surface area contributed by atoms with E-state index in [2.05, 4.69) is 35.4 Å². The van der Waals surface area contributed by atoms with E-state index in [9.17, 15) is 14.7 Å². The van der Waals surface area contributed by atoms with E-state index in [1.165, 1.54) is 25.5 Å². The van der Waals surface area contributed by atoms with Crippen molar-refractivity contribution in [1.29, 1.82) is 0 Å². The Morgan fingerprint density at radius 1 is 1.12 bits per heavy atom. The number of nitrogens with zero attached hydrogens (tertiary/aromatic N) is 1. The van der Waals surface area contributed by atoms with Gasteiger partial charge in [-0.1, -0.05) is 42.8 Å². The lowest BCUT2D eigenvalue weighted by Crippen LogP contribution is -2.51. The number of nitrogens with one attached hydrogen (secondary N) is 2. The molecule has 3 saturated carbocycles. The Morgan fingerprint density at radius 2 is 1.95 bits per heavy atom. The SMILES string of the molecule is COC(=O)C(Cc1c[nH]c2ccccc12)NC(=O)CON=C1C=C2CCC3C4CCC(O)[C@@]4(C)CCC3[C@@]2(C)CC1. The Kier molecular flexibility index (Phi) is 7.47. The van der Waals surface area contributed by atoms with E-state index >= 15 is 0 Å². The Balaban J connectivity index is 1.07. The predicted molar refractivity (Wildman–Crippen MR) is 157 cm³/mol. The van der Waals surface area contributed by atoms with Crippen molar-refractivity contribution in [3.05, 3.63) is 47.7 Å². The number of esters is 1. The molecule has 1 heterocycles. The molecule has 0 spiro atoms. The fourth-order valence-corrected chi connectivity index (χ4v) is 8.88. The summed E-state index contributed by atoms with van der Waals surface area (Å²) < 4.78 is 4.95. The molecule has 5 unspecified atom stereocenters. The van der Waals surface area contributed by atoms with Gasteiger partial charge in [-0.05, 0) is 97.7 Å². The summed E-state index contributed by atoms with van der Waals surface area (Å²) in [4.78, 5) is 33.9. The molecule has 8 heteroatoms. The van der Waals surface area contributed by atoms with Crippen LogP contribution in [0.5, 0.6) is 0 Å². The maximum atomic E-state index is 12.7. The lowest BCUT2D eigenvalue weighted by Gasteiger charge is -2.57. The number of aliphatic hydroxyl groups is 1. The van der Waals surface area contributed by atoms with Gasteiger partial charge in [0.15, 0.2) is 6.61 Å². The molecule has 0 saturated heterocycles. The number of amides is 1. The third kappa shape index (κ3) is 4.98. The quantitative estimate of drug-likeness (QED) is 0.323. The molecule has 8 nitrogen and oxygen atoms in total. The Hall–Kier alpha value is -3.13. The summed E-state index contributed by atoms with van der Waals surface area (Å²) >= 11 is 0. The van der Waals surface area contributed by atoms with E-state index in [4.69, 9.17) is 9.57 Å². The number of rotatable bonds is 7. The van der Waals surface area contributed by atoms with Gasteiger partial charge in [-0.25, -0.2) is 4.79 Å². The van der Waals surface area contributed by atoms with Crippen LogP contribution in [0.1, 0.15) is 70.8 Å². The summed E-state index contributed by atoms with van der Waals surface area (Å²) in [7, 11) is 1.32. The highest BCUT2D eigenvalue weighted by Crippen LogP contribution is 2.65. The summed E-state index contributed by atoms with van der Waals surface area (Å²) in [6.07, 6.45) is 12.8. The number of hydrogen-bond donors (Lipinski definition) is 3. The van der Waals surface area contributed by atoms with Crippen molar-refractivity contribution in [3.8, 4) is 0 Å². The molecule has 3 fully saturated rings. The first-order chi connectivity index (χ1) is 19.7. The van der Waals surface area contributed by atoms with Gasteiger partial charge < -0.3 is 25.0 Å². The number of aromatic nitrogens is 1. The second kappa shape index (κ2) is 10.9. The molecule has 0 bridgehead atoms. The molecular weight excluding hydrogens is 518 g/mol. The van der Waals surface area contributed by atoms with Crippen molar-refractivity contribution in [2.45, 2.75) is 83.8 Å². The van der Waals surface area contributed by atoms with Crippen LogP contribution in [-0.4, -0.2) is 53.5 Å². The molecule has 1 aromatic carbocycles. The molecule has 220 valence electrons. The first kappa shape index (κ1) is 28.0. The second-order valence-electron chi connectivity index (χ2n) is 13.2. The minimum atomic E-state index is -0.825. The molecule has 4 aliphatic carbocycles. The molecule has 2 aromatic rings. The average molecular weight is 562 g/mol. The van der Waals surface area contributed by atoms with E-state index in [0.29, 0.717) is 24.2 Å². The fourth-order valence-electron chi connectivity index (χ4n) is 8.88. The number of carbonyl (C=O) groups is 2. The van der Waals surface area contributed by atoms with E-state index in [1.54, 1.807) is 0 Å². The number of aromatic amines is 1. The number of carbonyl (C=O) groups excluding carboxylic acids is 2. The van der Waals surface area contributed by atoms with E-state index in [-0.39, 0.29) is 23.5 Å². The topological polar surface area (TPSA) is 113 Å². The van der Waals surface area contributed by atoms with Crippen molar-refractivity contribution in [3.63, 3.8) is 0 Å². The van der Waals surface area contributed by atoms with E-state index in [0.717, 1.165) is 60.7 Å². The fraction of sp³-hybridized carbons (Fsp3) is 0.606. The number of ether oxygens (including phenoxy) is 1. The predicted octanol–water partition coefficient (Wildman–Crippen LogP) is 5.06. The molecule has 4 aliphatic rings. The van der Waals surface area contributed by atoms with Crippen LogP contribution < -0.4 is 5.32 Å². The van der Waals surface area contributed by atoms with Crippen molar-refractivity contribution < 1.29 is 24.3 Å². The zero-order valence-corrected chi connectivity index (χ0v) is 24.4. The highest BCUT2D eigenvalue weighted by molar-refractivity contribution is 5.96. The van der Waals surface area contributed by atoms with Crippen molar-refractivity contribution in [2.24, 2.45) is 33.7 Å². The Bertz CT molecular complexity index is 1380. The summed E-state index contributed by atoms with van der Waals surface area (Å²) in [5.74, 6) is 1.07. The maximum absolute atomic E-state index is 12.7. The molecule has 0 aliphatic heterocycles. The van der Waals surface area contributed by atoms with Crippen LogP contribution in [0.2, 0.25) is 0 Å². The van der Waals surface area contributed by atoms with Crippen LogP contribution in [-0.2, 0) is 25.6 Å². The van der Waals surface area contributed by atoms with Gasteiger partial charge in [-0.2, -0.15) is 0 Å². The minimum Gasteiger partial charge on any atom is -0.467 e. The molecule has 1 aromatic heterocycles. The third-order valence-corrected chi connectivity index (χ3v) is 11.2. The largest absolute Gasteiger partial charge is 0.467 e. The number of methoxy groups -OCH3 is 1. The van der Waals surface area contributed by atoms with Crippen LogP contribution in [0.3, 0.4) is 0 Å². The van der Waals surface area contributed by atoms with Gasteiger partial charge in [-0.3, -0.25) is 4.79 Å². The van der Waals surface area contributed by atoms with Crippen LogP contribution in [0, 0.1) is 28.6 Å². The molecule has 41 heavy (non-hydrogen) atoms. The number of H-pyrrole nitrogens is 1. The van der Waals surface area contributed by atoms with Crippen LogP contribution in [0.15, 0.2) is 47.3 Å². The van der Waals surface area contributed by atoms with Gasteiger partial charge in [0.2, 0.25) is 0 Å². The molecule has 0 radical (unpaired) electrons. The number of hydrogen-bond acceptors (Lipinski definition) is 6. The van der Waals surface area contributed by atoms with Gasteiger partial charge in [-0.15, -0.1) is 0 Å². The number of para-hydroxylation sites is 1. The van der Waals surface area contributed by atoms with Gasteiger partial charge in [0.05, 0.1) is 18.9 Å². The standard InChI is InChI=1S/C33H43N3O5/c1-32-14-12-22(17-21(32)8-9-24-25-10-11-29(37)33(25,2)15-13-26(24)32)36-41-19-30(38)35-28(31(39)40-3)16-20-18-34-27-7-5-4-6-23(20)27/h4-7,17-18,24-26,28-29,34,37H,8-16,19H2,1-3H3,(H,35,38)/t24?,25?,26?,28?,29?,32-,33-/m0/s1. The smallest absolute Gasteiger partial charge is 0.328 e. The number of aliphatic hydroxyl groups excluding tert-OH is 1. The van der Waals surface area contributed by atoms with Gasteiger partial charge in [0.1, 0.15) is 6.04 Å². The highest BCUT2D eigenvalue weighted by Gasteiger charge is 2.58. The molecule has 1 amide bonds. The van der Waals surface area contributed by atoms with E-state index in [1.807, 2.05) is 30.5 Å². The third-order valence-electron chi connectivity index (χ3n) is 11.2. The summed E-state index contributed by atoms with van der Waals surface area (Å²) in [5, 5.41) is 18.8. The second-order valence-corrected chi connectivity index (χ2v) is 13.2. The summed E-state index contributed by atoms with van der Waals surface area (Å²) in [6, 6.07) is 7.02. The van der Waals surface area contributed by atoms with Gasteiger partial charge in [0.25, 0.3) is 5.91 Å². The van der Waals surface area contributed by atoms with Crippen LogP contribution in [0.25, 0.3) is 10.9 Å². The van der Waals surface area contributed by atoms with Gasteiger partial charge >= 0.3 is 5.97 Å². The minimum absolute atomic E-state index is 0.0940. The monoisotopic (exact) mass is 561 g/mol. The first-order valence-corrected chi connectivity index (χ1v) is 15.2. The average Bonchev–Trinajstić information content (AvgIpc) is 3.52. The summed E-state index contributed by atoms with van der Waals surface area (Å²) in [6.45, 7) is 4.50. The lowest BCUT2D eigenvalue weighted by atomic mass is 9.47. The molecule has 6 rings (SSSR count). The molecule has 3 N–H and O–H groups in total. The number of fused-ring (bicyclic) bond motifs is 6. The van der Waals surface area contributed by atoms with Crippen LogP contribution in [0.4, 0.5) is 0 Å². The highest BCUT2D eigenvalue weighted by atomic mass is 16.6. The molecule has 7 atom stereocenters. The zero-order chi connectivity index (χ0) is 28.8. The Morgan fingerprint density at radius 3 is 2.78 bits per heavy atom. The number of oxime groups is 1. The molecular formula is C33H43N3O5. The normalized spacial score (nSPS) is 34.2. The van der Waals surface area contributed by atoms with Crippen molar-refractivity contribution in [1.82, 2.24) is 10.3 Å². The number of allylic oxidation sites excluding steroid dienone is 2. The van der Waals surface area contributed by atoms with Crippen molar-refractivity contribution in [2.75, 3.05) is 13.7 Å². The van der Waals surface area contributed by atoms with Gasteiger partial charge in [0, 0.05) is 23.5 Å². The Labute approximate surface area is 241 Å². The van der Waals surface area contributed by atoms with Crippen molar-refractivity contribution >= 4 is 28.5 Å². The maximum Gasteiger partial charge on any atom is 0.328 e. The van der Waals surface area contributed by atoms with E-state index < -0.39 is 17.9 Å². The first-order valence-electron chi connectivity index (χ1n) is 15.2. The summed E-state index contributed by atoms with van der Waals surface area (Å²) in [5.41, 5.74) is 4.51. The van der Waals surface area contributed by atoms with Crippen LogP contribution >= 0.6 is 0 Å². The zero-order valence-electron chi connectivity index (χ0n) is 24.4.